The van der Waals surface area contributed by atoms with Crippen LogP contribution in [-0.4, -0.2) is 20.4 Å². The minimum absolute atomic E-state index is 0.190. The molecule has 3 rings (SSSR count). The number of hydrogen-bond acceptors (Lipinski definition) is 6. The minimum atomic E-state index is -0.565. The van der Waals surface area contributed by atoms with E-state index in [1.54, 1.807) is 6.92 Å². The monoisotopic (exact) mass is 401 g/mol. The van der Waals surface area contributed by atoms with Crippen molar-refractivity contribution in [3.05, 3.63) is 38.1 Å². The molecule has 1 aliphatic carbocycles. The van der Waals surface area contributed by atoms with Crippen molar-refractivity contribution in [2.75, 3.05) is 5.32 Å². The lowest BCUT2D eigenvalue weighted by molar-refractivity contribution is -0.392. The maximum Gasteiger partial charge on any atom is 0.343 e. The van der Waals surface area contributed by atoms with Crippen molar-refractivity contribution in [3.8, 4) is 6.07 Å². The second-order valence-electron chi connectivity index (χ2n) is 8.18. The molecule has 0 saturated heterocycles. The molecule has 8 nitrogen and oxygen atoms in total. The highest BCUT2D eigenvalue weighted by molar-refractivity contribution is 7.16. The van der Waals surface area contributed by atoms with Crippen molar-refractivity contribution in [2.24, 2.45) is 11.3 Å². The summed E-state index contributed by atoms with van der Waals surface area (Å²) in [6.45, 7) is 8.07. The Morgan fingerprint density at radius 1 is 1.54 bits per heavy atom. The third kappa shape index (κ3) is 3.78. The molecular formula is C19H23N5O3S. The number of fused-ring (bicyclic) bond motifs is 1. The van der Waals surface area contributed by atoms with E-state index in [1.165, 1.54) is 15.9 Å². The van der Waals surface area contributed by atoms with Crippen LogP contribution in [0, 0.1) is 39.7 Å². The van der Waals surface area contributed by atoms with Gasteiger partial charge in [-0.3, -0.25) is 4.79 Å². The number of nitrogens with one attached hydrogen (secondary N) is 1. The molecule has 1 amide bonds. The van der Waals surface area contributed by atoms with Crippen molar-refractivity contribution >= 4 is 28.1 Å². The van der Waals surface area contributed by atoms with Gasteiger partial charge in [-0.15, -0.1) is 11.3 Å². The first kappa shape index (κ1) is 20.0. The fourth-order valence-electron chi connectivity index (χ4n) is 3.64. The zero-order valence-corrected chi connectivity index (χ0v) is 17.2. The summed E-state index contributed by atoms with van der Waals surface area (Å²) in [4.78, 5) is 28.1. The molecule has 1 N–H and O–H groups in total. The second-order valence-corrected chi connectivity index (χ2v) is 9.29. The number of aromatic nitrogens is 2. The number of carbonyl (C=O) groups excluding carboxylic acids is 1. The van der Waals surface area contributed by atoms with Gasteiger partial charge in [-0.05, 0) is 41.1 Å². The molecule has 0 bridgehead atoms. The molecular weight excluding hydrogens is 378 g/mol. The molecule has 0 aromatic carbocycles. The SMILES string of the molecule is Cc1ncc([N+](=O)[O-])n1CC(=O)Nc1sc2c(c1C#N)CCC(C(C)(C)C)C2. The highest BCUT2D eigenvalue weighted by Gasteiger charge is 2.32. The molecule has 2 heterocycles. The third-order valence-corrected chi connectivity index (χ3v) is 6.55. The molecule has 1 aliphatic rings. The van der Waals surface area contributed by atoms with E-state index < -0.39 is 10.8 Å². The van der Waals surface area contributed by atoms with Crippen LogP contribution in [0.3, 0.4) is 0 Å². The van der Waals surface area contributed by atoms with Crippen LogP contribution in [0.4, 0.5) is 10.8 Å². The van der Waals surface area contributed by atoms with Crippen LogP contribution in [-0.2, 0) is 24.2 Å². The zero-order valence-electron chi connectivity index (χ0n) is 16.4. The Kier molecular flexibility index (Phi) is 5.26. The van der Waals surface area contributed by atoms with Crippen LogP contribution < -0.4 is 5.32 Å². The first-order chi connectivity index (χ1) is 13.1. The number of amides is 1. The topological polar surface area (TPSA) is 114 Å². The van der Waals surface area contributed by atoms with E-state index in [0.717, 1.165) is 35.9 Å². The lowest BCUT2D eigenvalue weighted by atomic mass is 9.72. The van der Waals surface area contributed by atoms with Crippen LogP contribution in [0.25, 0.3) is 0 Å². The van der Waals surface area contributed by atoms with Gasteiger partial charge in [0.2, 0.25) is 0 Å². The highest BCUT2D eigenvalue weighted by Crippen LogP contribution is 2.44. The van der Waals surface area contributed by atoms with Gasteiger partial charge in [0.05, 0.1) is 5.56 Å². The summed E-state index contributed by atoms with van der Waals surface area (Å²) in [5, 5.41) is 24.0. The van der Waals surface area contributed by atoms with Crippen molar-refractivity contribution < 1.29 is 9.72 Å². The first-order valence-electron chi connectivity index (χ1n) is 9.12. The molecule has 1 unspecified atom stereocenters. The number of nitrogens with zero attached hydrogens (tertiary/aromatic N) is 4. The van der Waals surface area contributed by atoms with Gasteiger partial charge in [-0.2, -0.15) is 5.26 Å². The van der Waals surface area contributed by atoms with E-state index in [2.05, 4.69) is 37.1 Å². The average Bonchev–Trinajstić information content (AvgIpc) is 3.13. The number of nitro groups is 1. The molecule has 0 fully saturated rings. The van der Waals surface area contributed by atoms with E-state index in [4.69, 9.17) is 0 Å². The summed E-state index contributed by atoms with van der Waals surface area (Å²) in [5.74, 6) is 0.282. The first-order valence-corrected chi connectivity index (χ1v) is 9.94. The fourth-order valence-corrected chi connectivity index (χ4v) is 4.93. The standard InChI is InChI=1S/C19H23N5O3S/c1-11-21-9-17(24(26)27)23(11)10-16(25)22-18-14(8-20)13-6-5-12(19(2,3)4)7-15(13)28-18/h9,12H,5-7,10H2,1-4H3,(H,22,25). The summed E-state index contributed by atoms with van der Waals surface area (Å²) in [5.41, 5.74) is 1.75. The lowest BCUT2D eigenvalue weighted by Gasteiger charge is -2.33. The Bertz CT molecular complexity index is 977. The number of carbonyl (C=O) groups is 1. The Labute approximate surface area is 167 Å². The van der Waals surface area contributed by atoms with Crippen molar-refractivity contribution in [2.45, 2.75) is 53.5 Å². The Morgan fingerprint density at radius 3 is 2.86 bits per heavy atom. The number of imidazole rings is 1. The zero-order chi connectivity index (χ0) is 20.6. The number of hydrogen-bond donors (Lipinski definition) is 1. The van der Waals surface area contributed by atoms with Gasteiger partial charge in [-0.1, -0.05) is 20.8 Å². The largest absolute Gasteiger partial charge is 0.358 e. The van der Waals surface area contributed by atoms with Crippen molar-refractivity contribution in [3.63, 3.8) is 0 Å². The third-order valence-electron chi connectivity index (χ3n) is 5.38. The molecule has 1 atom stereocenters. The molecule has 0 aliphatic heterocycles. The van der Waals surface area contributed by atoms with E-state index in [1.807, 2.05) is 0 Å². The van der Waals surface area contributed by atoms with E-state index in [9.17, 15) is 20.2 Å². The molecule has 0 radical (unpaired) electrons. The molecule has 28 heavy (non-hydrogen) atoms. The summed E-state index contributed by atoms with van der Waals surface area (Å²) in [6.07, 6.45) is 3.90. The lowest BCUT2D eigenvalue weighted by Crippen LogP contribution is -2.26. The molecule has 0 saturated carbocycles. The van der Waals surface area contributed by atoms with E-state index in [0.29, 0.717) is 22.3 Å². The molecule has 148 valence electrons. The fraction of sp³-hybridized carbons (Fsp3) is 0.526. The summed E-state index contributed by atoms with van der Waals surface area (Å²) in [7, 11) is 0. The van der Waals surface area contributed by atoms with Crippen LogP contribution >= 0.6 is 11.3 Å². The van der Waals surface area contributed by atoms with Crippen molar-refractivity contribution in [1.29, 1.82) is 5.26 Å². The number of aryl methyl sites for hydroxylation is 1. The number of anilines is 1. The summed E-state index contributed by atoms with van der Waals surface area (Å²) in [6, 6.07) is 2.23. The smallest absolute Gasteiger partial charge is 0.343 e. The van der Waals surface area contributed by atoms with Gasteiger partial charge in [0.15, 0.2) is 12.4 Å². The Morgan fingerprint density at radius 2 is 2.25 bits per heavy atom. The minimum Gasteiger partial charge on any atom is -0.358 e. The van der Waals surface area contributed by atoms with Gasteiger partial charge < -0.3 is 15.4 Å². The van der Waals surface area contributed by atoms with Crippen LogP contribution in [0.15, 0.2) is 6.20 Å². The van der Waals surface area contributed by atoms with Gasteiger partial charge >= 0.3 is 5.82 Å². The van der Waals surface area contributed by atoms with Crippen LogP contribution in [0.2, 0.25) is 0 Å². The Hall–Kier alpha value is -2.73. The van der Waals surface area contributed by atoms with Gasteiger partial charge in [0.25, 0.3) is 5.91 Å². The van der Waals surface area contributed by atoms with Crippen molar-refractivity contribution in [1.82, 2.24) is 9.55 Å². The second kappa shape index (κ2) is 7.36. The normalized spacial score (nSPS) is 16.3. The molecule has 2 aromatic rings. The molecule has 9 heteroatoms. The summed E-state index contributed by atoms with van der Waals surface area (Å²) >= 11 is 1.45. The highest BCUT2D eigenvalue weighted by atomic mass is 32.1. The van der Waals surface area contributed by atoms with Crippen LogP contribution in [0.5, 0.6) is 0 Å². The maximum atomic E-state index is 12.5. The van der Waals surface area contributed by atoms with Gasteiger partial charge in [-0.25, -0.2) is 9.55 Å². The molecule has 2 aromatic heterocycles. The van der Waals surface area contributed by atoms with Gasteiger partial charge in [0.1, 0.15) is 17.3 Å². The summed E-state index contributed by atoms with van der Waals surface area (Å²) < 4.78 is 1.25. The van der Waals surface area contributed by atoms with Crippen LogP contribution in [0.1, 0.15) is 49.0 Å². The number of nitriles is 1. The predicted octanol–water partition coefficient (Wildman–Crippen LogP) is 3.82. The van der Waals surface area contributed by atoms with E-state index >= 15 is 0 Å². The molecule has 0 spiro atoms. The Balaban J connectivity index is 1.81. The quantitative estimate of drug-likeness (QED) is 0.618. The maximum absolute atomic E-state index is 12.5. The van der Waals surface area contributed by atoms with E-state index in [-0.39, 0.29) is 17.8 Å². The van der Waals surface area contributed by atoms with Gasteiger partial charge in [0, 0.05) is 11.8 Å². The number of rotatable bonds is 4. The average molecular weight is 401 g/mol. The predicted molar refractivity (Wildman–Crippen MR) is 106 cm³/mol. The number of thiophene rings is 1.